The van der Waals surface area contributed by atoms with Crippen LogP contribution in [0.1, 0.15) is 56.7 Å². The summed E-state index contributed by atoms with van der Waals surface area (Å²) in [6.45, 7) is 8.58. The quantitative estimate of drug-likeness (QED) is 0.868. The zero-order chi connectivity index (χ0) is 14.6. The van der Waals surface area contributed by atoms with E-state index in [1.807, 2.05) is 6.20 Å². The van der Waals surface area contributed by atoms with E-state index in [4.69, 9.17) is 9.72 Å². The highest BCUT2D eigenvalue weighted by Crippen LogP contribution is 2.39. The fourth-order valence-corrected chi connectivity index (χ4v) is 2.90. The van der Waals surface area contributed by atoms with Crippen molar-refractivity contribution in [3.63, 3.8) is 0 Å². The van der Waals surface area contributed by atoms with Gasteiger partial charge in [-0.2, -0.15) is 0 Å². The van der Waals surface area contributed by atoms with Crippen LogP contribution in [0.5, 0.6) is 0 Å². The topological polar surface area (TPSA) is 47.0 Å². The predicted octanol–water partition coefficient (Wildman–Crippen LogP) is 2.68. The lowest BCUT2D eigenvalue weighted by Crippen LogP contribution is -2.34. The number of fused-ring (bicyclic) bond motifs is 1. The van der Waals surface area contributed by atoms with Gasteiger partial charge in [-0.05, 0) is 31.2 Å². The zero-order valence-electron chi connectivity index (χ0n) is 13.2. The molecule has 1 aliphatic carbocycles. The van der Waals surface area contributed by atoms with Crippen LogP contribution in [0.25, 0.3) is 0 Å². The maximum Gasteiger partial charge on any atom is 0.130 e. The molecule has 1 heterocycles. The fraction of sp³-hybridized carbons (Fsp3) is 0.750. The standard InChI is InChI=1S/C16H27N3O/c1-5-7-17-13-9-16(2,3)10-14-12(13)11-18-15(19-14)6-8-20-4/h11,13,17H,5-10H2,1-4H3. The minimum Gasteiger partial charge on any atom is -0.384 e. The van der Waals surface area contributed by atoms with E-state index in [9.17, 15) is 0 Å². The molecule has 4 heteroatoms. The van der Waals surface area contributed by atoms with Gasteiger partial charge in [-0.1, -0.05) is 20.8 Å². The SMILES string of the molecule is CCCNC1CC(C)(C)Cc2nc(CCOC)ncc21. The second-order valence-corrected chi connectivity index (χ2v) is 6.48. The number of nitrogens with one attached hydrogen (secondary N) is 1. The van der Waals surface area contributed by atoms with Crippen molar-refractivity contribution in [1.82, 2.24) is 15.3 Å². The van der Waals surface area contributed by atoms with Gasteiger partial charge in [-0.3, -0.25) is 0 Å². The fourth-order valence-electron chi connectivity index (χ4n) is 2.90. The molecule has 1 aliphatic rings. The first-order valence-corrected chi connectivity index (χ1v) is 7.63. The van der Waals surface area contributed by atoms with Crippen LogP contribution >= 0.6 is 0 Å². The summed E-state index contributed by atoms with van der Waals surface area (Å²) in [5, 5.41) is 3.64. The summed E-state index contributed by atoms with van der Waals surface area (Å²) in [6.07, 6.45) is 6.15. The van der Waals surface area contributed by atoms with Crippen LogP contribution in [0.4, 0.5) is 0 Å². The molecule has 0 amide bonds. The molecule has 0 radical (unpaired) electrons. The molecule has 112 valence electrons. The van der Waals surface area contributed by atoms with Crippen molar-refractivity contribution in [3.05, 3.63) is 23.3 Å². The highest BCUT2D eigenvalue weighted by Gasteiger charge is 2.33. The molecule has 1 aromatic rings. The Morgan fingerprint density at radius 3 is 2.95 bits per heavy atom. The molecule has 20 heavy (non-hydrogen) atoms. The van der Waals surface area contributed by atoms with Gasteiger partial charge < -0.3 is 10.1 Å². The van der Waals surface area contributed by atoms with E-state index in [-0.39, 0.29) is 0 Å². The van der Waals surface area contributed by atoms with Crippen molar-refractivity contribution in [3.8, 4) is 0 Å². The molecule has 1 unspecified atom stereocenters. The summed E-state index contributed by atoms with van der Waals surface area (Å²) in [4.78, 5) is 9.28. The third kappa shape index (κ3) is 3.76. The van der Waals surface area contributed by atoms with Gasteiger partial charge in [0.2, 0.25) is 0 Å². The number of hydrogen-bond donors (Lipinski definition) is 1. The van der Waals surface area contributed by atoms with Crippen molar-refractivity contribution in [2.24, 2.45) is 5.41 Å². The lowest BCUT2D eigenvalue weighted by atomic mass is 9.74. The van der Waals surface area contributed by atoms with Gasteiger partial charge in [0.25, 0.3) is 0 Å². The molecular weight excluding hydrogens is 250 g/mol. The molecule has 0 aliphatic heterocycles. The molecule has 1 atom stereocenters. The molecule has 1 aromatic heterocycles. The molecule has 0 spiro atoms. The first-order valence-electron chi connectivity index (χ1n) is 7.63. The second-order valence-electron chi connectivity index (χ2n) is 6.48. The van der Waals surface area contributed by atoms with Crippen LogP contribution in [0.2, 0.25) is 0 Å². The molecule has 2 rings (SSSR count). The average Bonchev–Trinajstić information content (AvgIpc) is 2.40. The van der Waals surface area contributed by atoms with E-state index in [1.165, 1.54) is 11.3 Å². The molecule has 1 N–H and O–H groups in total. The number of hydrogen-bond acceptors (Lipinski definition) is 4. The lowest BCUT2D eigenvalue weighted by molar-refractivity contribution is 0.200. The van der Waals surface area contributed by atoms with Gasteiger partial charge in [0.1, 0.15) is 5.82 Å². The van der Waals surface area contributed by atoms with Crippen molar-refractivity contribution >= 4 is 0 Å². The summed E-state index contributed by atoms with van der Waals surface area (Å²) >= 11 is 0. The molecule has 0 saturated heterocycles. The van der Waals surface area contributed by atoms with E-state index >= 15 is 0 Å². The molecular formula is C16H27N3O. The van der Waals surface area contributed by atoms with Crippen LogP contribution < -0.4 is 5.32 Å². The predicted molar refractivity (Wildman–Crippen MR) is 80.7 cm³/mol. The van der Waals surface area contributed by atoms with E-state index in [0.717, 1.165) is 38.1 Å². The number of aromatic nitrogens is 2. The first kappa shape index (κ1) is 15.4. The molecule has 0 aromatic carbocycles. The van der Waals surface area contributed by atoms with Crippen LogP contribution in [-0.4, -0.2) is 30.2 Å². The maximum atomic E-state index is 5.11. The minimum atomic E-state index is 0.297. The Hall–Kier alpha value is -1.00. The Kier molecular flexibility index (Phi) is 5.11. The highest BCUT2D eigenvalue weighted by molar-refractivity contribution is 5.26. The first-order chi connectivity index (χ1) is 9.55. The normalized spacial score (nSPS) is 20.7. The van der Waals surface area contributed by atoms with Gasteiger partial charge in [-0.25, -0.2) is 9.97 Å². The molecule has 4 nitrogen and oxygen atoms in total. The second kappa shape index (κ2) is 6.64. The lowest BCUT2D eigenvalue weighted by Gasteiger charge is -2.36. The largest absolute Gasteiger partial charge is 0.384 e. The Bertz CT molecular complexity index is 445. The summed E-state index contributed by atoms with van der Waals surface area (Å²) in [6, 6.07) is 0.394. The third-order valence-corrected chi connectivity index (χ3v) is 3.90. The minimum absolute atomic E-state index is 0.297. The average molecular weight is 277 g/mol. The maximum absolute atomic E-state index is 5.11. The molecule has 0 saturated carbocycles. The number of rotatable bonds is 6. The van der Waals surface area contributed by atoms with Crippen molar-refractivity contribution in [1.29, 1.82) is 0 Å². The Labute approximate surface area is 122 Å². The van der Waals surface area contributed by atoms with E-state index in [2.05, 4.69) is 31.1 Å². The van der Waals surface area contributed by atoms with Crippen LogP contribution in [0.15, 0.2) is 6.20 Å². The zero-order valence-corrected chi connectivity index (χ0v) is 13.2. The van der Waals surface area contributed by atoms with E-state index in [1.54, 1.807) is 7.11 Å². The van der Waals surface area contributed by atoms with Gasteiger partial charge in [0.15, 0.2) is 0 Å². The number of ether oxygens (including phenoxy) is 1. The van der Waals surface area contributed by atoms with Gasteiger partial charge >= 0.3 is 0 Å². The number of nitrogens with zero attached hydrogens (tertiary/aromatic N) is 2. The summed E-state index contributed by atoms with van der Waals surface area (Å²) in [5.74, 6) is 0.901. The third-order valence-electron chi connectivity index (χ3n) is 3.90. The Morgan fingerprint density at radius 1 is 1.45 bits per heavy atom. The Balaban J connectivity index is 2.22. The summed E-state index contributed by atoms with van der Waals surface area (Å²) in [5.41, 5.74) is 2.81. The highest BCUT2D eigenvalue weighted by atomic mass is 16.5. The van der Waals surface area contributed by atoms with Crippen LogP contribution in [-0.2, 0) is 17.6 Å². The smallest absolute Gasteiger partial charge is 0.130 e. The van der Waals surface area contributed by atoms with Gasteiger partial charge in [0, 0.05) is 37.0 Å². The van der Waals surface area contributed by atoms with Crippen molar-refractivity contribution in [2.75, 3.05) is 20.3 Å². The molecule has 0 fully saturated rings. The Morgan fingerprint density at radius 2 is 2.25 bits per heavy atom. The van der Waals surface area contributed by atoms with Crippen molar-refractivity contribution in [2.45, 2.75) is 52.5 Å². The van der Waals surface area contributed by atoms with Gasteiger partial charge in [0.05, 0.1) is 6.61 Å². The van der Waals surface area contributed by atoms with Crippen molar-refractivity contribution < 1.29 is 4.74 Å². The van der Waals surface area contributed by atoms with Crippen LogP contribution in [0, 0.1) is 5.41 Å². The van der Waals surface area contributed by atoms with Gasteiger partial charge in [-0.15, -0.1) is 0 Å². The monoisotopic (exact) mass is 277 g/mol. The van der Waals surface area contributed by atoms with E-state index < -0.39 is 0 Å². The number of methoxy groups -OCH3 is 1. The summed E-state index contributed by atoms with van der Waals surface area (Å²) < 4.78 is 5.11. The van der Waals surface area contributed by atoms with Crippen LogP contribution in [0.3, 0.4) is 0 Å². The molecule has 0 bridgehead atoms. The summed E-state index contributed by atoms with van der Waals surface area (Å²) in [7, 11) is 1.71. The van der Waals surface area contributed by atoms with E-state index in [0.29, 0.717) is 18.1 Å².